The number of halogens is 2. The molecule has 0 saturated carbocycles. The lowest BCUT2D eigenvalue weighted by molar-refractivity contribution is -0.385. The molecule has 0 unspecified atom stereocenters. The number of nitrogens with zero attached hydrogens (tertiary/aromatic N) is 3. The highest BCUT2D eigenvalue weighted by atomic mass is 79.9. The van der Waals surface area contributed by atoms with E-state index in [1.165, 1.54) is 26.3 Å². The lowest BCUT2D eigenvalue weighted by Gasteiger charge is -2.08. The largest absolute Gasteiger partial charge is 0.480 e. The van der Waals surface area contributed by atoms with E-state index in [0.29, 0.717) is 4.47 Å². The Labute approximate surface area is 127 Å². The highest BCUT2D eigenvalue weighted by Gasteiger charge is 2.18. The van der Waals surface area contributed by atoms with Crippen LogP contribution < -0.4 is 9.47 Å². The van der Waals surface area contributed by atoms with Gasteiger partial charge < -0.3 is 9.47 Å². The van der Waals surface area contributed by atoms with E-state index in [9.17, 15) is 14.5 Å². The van der Waals surface area contributed by atoms with Crippen LogP contribution in [0.2, 0.25) is 0 Å². The van der Waals surface area contributed by atoms with Crippen molar-refractivity contribution in [1.29, 1.82) is 0 Å². The molecule has 7 nitrogen and oxygen atoms in total. The van der Waals surface area contributed by atoms with Crippen molar-refractivity contribution < 1.29 is 18.8 Å². The third-order valence-electron chi connectivity index (χ3n) is 2.53. The quantitative estimate of drug-likeness (QED) is 0.615. The smallest absolute Gasteiger partial charge is 0.325 e. The number of ether oxygens (including phenoxy) is 2. The molecule has 1 heterocycles. The van der Waals surface area contributed by atoms with Crippen molar-refractivity contribution in [3.8, 4) is 17.6 Å². The van der Waals surface area contributed by atoms with Gasteiger partial charge >= 0.3 is 6.01 Å². The highest BCUT2D eigenvalue weighted by molar-refractivity contribution is 9.10. The van der Waals surface area contributed by atoms with Crippen molar-refractivity contribution in [2.45, 2.75) is 6.92 Å². The molecular formula is C12H9BrFN3O4. The summed E-state index contributed by atoms with van der Waals surface area (Å²) in [6, 6.07) is 1.87. The Balaban J connectivity index is 2.36. The van der Waals surface area contributed by atoms with Crippen molar-refractivity contribution in [2.75, 3.05) is 7.11 Å². The first-order chi connectivity index (χ1) is 9.92. The summed E-state index contributed by atoms with van der Waals surface area (Å²) in [4.78, 5) is 17.8. The molecule has 0 saturated heterocycles. The summed E-state index contributed by atoms with van der Waals surface area (Å²) in [5.41, 5.74) is -0.0605. The fourth-order valence-electron chi connectivity index (χ4n) is 1.55. The zero-order chi connectivity index (χ0) is 15.6. The van der Waals surface area contributed by atoms with Gasteiger partial charge in [-0.25, -0.2) is 9.37 Å². The van der Waals surface area contributed by atoms with E-state index in [2.05, 4.69) is 25.9 Å². The molecule has 0 aliphatic carbocycles. The molecule has 0 radical (unpaired) electrons. The first-order valence-corrected chi connectivity index (χ1v) is 6.40. The minimum Gasteiger partial charge on any atom is -0.480 e. The van der Waals surface area contributed by atoms with Gasteiger partial charge in [0.2, 0.25) is 5.88 Å². The van der Waals surface area contributed by atoms with E-state index in [1.54, 1.807) is 0 Å². The van der Waals surface area contributed by atoms with Crippen LogP contribution in [0.4, 0.5) is 10.1 Å². The number of nitro groups is 1. The second kappa shape index (κ2) is 6.00. The van der Waals surface area contributed by atoms with E-state index in [1.807, 2.05) is 0 Å². The highest BCUT2D eigenvalue weighted by Crippen LogP contribution is 2.30. The molecule has 0 amide bonds. The van der Waals surface area contributed by atoms with Crippen LogP contribution in [0.5, 0.6) is 17.6 Å². The molecule has 0 N–H and O–H groups in total. The molecule has 0 aliphatic heterocycles. The third kappa shape index (κ3) is 3.24. The van der Waals surface area contributed by atoms with Crippen LogP contribution in [0.15, 0.2) is 22.8 Å². The molecule has 1 aromatic heterocycles. The number of aryl methyl sites for hydroxylation is 1. The second-order valence-corrected chi connectivity index (χ2v) is 4.79. The summed E-state index contributed by atoms with van der Waals surface area (Å²) in [5.74, 6) is -0.862. The van der Waals surface area contributed by atoms with Gasteiger partial charge in [0.05, 0.1) is 28.8 Å². The summed E-state index contributed by atoms with van der Waals surface area (Å²) in [5, 5.41) is 10.7. The van der Waals surface area contributed by atoms with Crippen molar-refractivity contribution in [1.82, 2.24) is 9.97 Å². The van der Waals surface area contributed by atoms with E-state index in [0.717, 1.165) is 6.07 Å². The number of nitro benzene ring substituents is 1. The predicted molar refractivity (Wildman–Crippen MR) is 74.1 cm³/mol. The molecular weight excluding hydrogens is 349 g/mol. The predicted octanol–water partition coefficient (Wildman–Crippen LogP) is 3.40. The van der Waals surface area contributed by atoms with E-state index in [-0.39, 0.29) is 28.9 Å². The van der Waals surface area contributed by atoms with Crippen molar-refractivity contribution >= 4 is 21.6 Å². The van der Waals surface area contributed by atoms with Gasteiger partial charge in [0.15, 0.2) is 11.6 Å². The fourth-order valence-corrected chi connectivity index (χ4v) is 1.90. The van der Waals surface area contributed by atoms with Crippen LogP contribution in [-0.4, -0.2) is 22.0 Å². The first kappa shape index (κ1) is 15.1. The molecule has 2 rings (SSSR count). The van der Waals surface area contributed by atoms with E-state index in [4.69, 9.17) is 9.47 Å². The summed E-state index contributed by atoms with van der Waals surface area (Å²) < 4.78 is 24.5. The average molecular weight is 358 g/mol. The van der Waals surface area contributed by atoms with Gasteiger partial charge in [0, 0.05) is 5.56 Å². The van der Waals surface area contributed by atoms with Crippen LogP contribution in [-0.2, 0) is 0 Å². The molecule has 1 aromatic carbocycles. The van der Waals surface area contributed by atoms with Crippen LogP contribution >= 0.6 is 15.9 Å². The zero-order valence-electron chi connectivity index (χ0n) is 11.0. The zero-order valence-corrected chi connectivity index (χ0v) is 12.5. The summed E-state index contributed by atoms with van der Waals surface area (Å²) in [6.07, 6.45) is 1.39. The molecule has 110 valence electrons. The summed E-state index contributed by atoms with van der Waals surface area (Å²) in [6.45, 7) is 1.48. The summed E-state index contributed by atoms with van der Waals surface area (Å²) >= 11 is 3.17. The van der Waals surface area contributed by atoms with Gasteiger partial charge in [-0.3, -0.25) is 10.1 Å². The molecule has 2 aromatic rings. The minimum absolute atomic E-state index is 0.137. The molecule has 21 heavy (non-hydrogen) atoms. The Bertz CT molecular complexity index is 711. The molecule has 0 bridgehead atoms. The Morgan fingerprint density at radius 2 is 2.14 bits per heavy atom. The topological polar surface area (TPSA) is 87.4 Å². The molecule has 0 aliphatic rings. The van der Waals surface area contributed by atoms with Gasteiger partial charge in [0.25, 0.3) is 5.69 Å². The van der Waals surface area contributed by atoms with Crippen LogP contribution in [0.25, 0.3) is 0 Å². The monoisotopic (exact) mass is 357 g/mol. The standard InChI is InChI=1S/C12H9BrFN3O4/c1-6-3-10(8(14)4-9(6)17(18)19)21-12-15-5-7(13)11(16-12)20-2/h3-5H,1-2H3. The van der Waals surface area contributed by atoms with Gasteiger partial charge in [-0.15, -0.1) is 0 Å². The number of rotatable bonds is 4. The Hall–Kier alpha value is -2.29. The van der Waals surface area contributed by atoms with Crippen LogP contribution in [0.3, 0.4) is 0 Å². The average Bonchev–Trinajstić information content (AvgIpc) is 2.44. The molecule has 9 heteroatoms. The number of methoxy groups -OCH3 is 1. The Kier molecular flexibility index (Phi) is 4.32. The lowest BCUT2D eigenvalue weighted by Crippen LogP contribution is -1.99. The maximum atomic E-state index is 13.8. The molecule has 0 spiro atoms. The van der Waals surface area contributed by atoms with Crippen molar-refractivity contribution in [3.63, 3.8) is 0 Å². The van der Waals surface area contributed by atoms with Crippen molar-refractivity contribution in [2.24, 2.45) is 0 Å². The maximum Gasteiger partial charge on any atom is 0.325 e. The van der Waals surface area contributed by atoms with Gasteiger partial charge in [-0.1, -0.05) is 0 Å². The fraction of sp³-hybridized carbons (Fsp3) is 0.167. The van der Waals surface area contributed by atoms with Crippen LogP contribution in [0, 0.1) is 22.9 Å². The minimum atomic E-state index is -0.877. The number of benzene rings is 1. The Morgan fingerprint density at radius 1 is 1.43 bits per heavy atom. The van der Waals surface area contributed by atoms with Gasteiger partial charge in [-0.2, -0.15) is 4.98 Å². The summed E-state index contributed by atoms with van der Waals surface area (Å²) in [7, 11) is 1.41. The SMILES string of the molecule is COc1nc(Oc2cc(C)c([N+](=O)[O-])cc2F)ncc1Br. The van der Waals surface area contributed by atoms with Crippen LogP contribution in [0.1, 0.15) is 5.56 Å². The number of hydrogen-bond donors (Lipinski definition) is 0. The number of aromatic nitrogens is 2. The van der Waals surface area contributed by atoms with E-state index < -0.39 is 10.7 Å². The molecule has 0 fully saturated rings. The first-order valence-electron chi connectivity index (χ1n) is 5.61. The molecule has 0 atom stereocenters. The maximum absolute atomic E-state index is 13.8. The van der Waals surface area contributed by atoms with Gasteiger partial charge in [0.1, 0.15) is 0 Å². The van der Waals surface area contributed by atoms with E-state index >= 15 is 0 Å². The van der Waals surface area contributed by atoms with Crippen molar-refractivity contribution in [3.05, 3.63) is 44.3 Å². The second-order valence-electron chi connectivity index (χ2n) is 3.94. The lowest BCUT2D eigenvalue weighted by atomic mass is 10.2. The normalized spacial score (nSPS) is 10.3. The third-order valence-corrected chi connectivity index (χ3v) is 3.08. The van der Waals surface area contributed by atoms with Gasteiger partial charge in [-0.05, 0) is 28.9 Å². The Morgan fingerprint density at radius 3 is 2.76 bits per heavy atom. The number of hydrogen-bond acceptors (Lipinski definition) is 6.